The molecule has 132 valence electrons. The number of nitrogens with one attached hydrogen (secondary N) is 3. The lowest BCUT2D eigenvalue weighted by Gasteiger charge is -2.17. The summed E-state index contributed by atoms with van der Waals surface area (Å²) in [6.07, 6.45) is 2.61. The second-order valence-electron chi connectivity index (χ2n) is 6.62. The molecule has 3 N–H and O–H groups in total. The van der Waals surface area contributed by atoms with Crippen LogP contribution < -0.4 is 16.2 Å². The van der Waals surface area contributed by atoms with Crippen LogP contribution in [0.4, 0.5) is 0 Å². The van der Waals surface area contributed by atoms with E-state index in [1.165, 1.54) is 5.56 Å². The molecule has 0 saturated carbocycles. The Morgan fingerprint density at radius 1 is 1.16 bits per heavy atom. The predicted molar refractivity (Wildman–Crippen MR) is 101 cm³/mol. The topological polar surface area (TPSA) is 53.2 Å². The molecule has 1 saturated heterocycles. The Morgan fingerprint density at radius 3 is 2.60 bits per heavy atom. The van der Waals surface area contributed by atoms with Gasteiger partial charge in [0.2, 0.25) is 5.91 Å². The fourth-order valence-corrected chi connectivity index (χ4v) is 3.21. The summed E-state index contributed by atoms with van der Waals surface area (Å²) in [5.74, 6) is 0.0459. The minimum absolute atomic E-state index is 0.0459. The third-order valence-corrected chi connectivity index (χ3v) is 4.84. The van der Waals surface area contributed by atoms with Gasteiger partial charge in [0.1, 0.15) is 6.04 Å². The fraction of sp³-hybridized carbons (Fsp3) is 0.350. The molecule has 0 aliphatic carbocycles. The molecule has 25 heavy (non-hydrogen) atoms. The van der Waals surface area contributed by atoms with Gasteiger partial charge in [0, 0.05) is 17.1 Å². The Labute approximate surface area is 153 Å². The molecule has 2 aromatic rings. The molecule has 3 rings (SSSR count). The third-order valence-electron chi connectivity index (χ3n) is 4.59. The zero-order valence-corrected chi connectivity index (χ0v) is 15.1. The van der Waals surface area contributed by atoms with Gasteiger partial charge < -0.3 is 5.32 Å². The average molecular weight is 358 g/mol. The number of aryl methyl sites for hydroxylation is 1. The van der Waals surface area contributed by atoms with E-state index >= 15 is 0 Å². The summed E-state index contributed by atoms with van der Waals surface area (Å²) in [5, 5.41) is 3.83. The fourth-order valence-electron chi connectivity index (χ4n) is 3.09. The lowest BCUT2D eigenvalue weighted by molar-refractivity contribution is -0.123. The number of hydrogen-bond acceptors (Lipinski definition) is 3. The number of amides is 1. The zero-order valence-electron chi connectivity index (χ0n) is 14.3. The lowest BCUT2D eigenvalue weighted by Crippen LogP contribution is -2.46. The van der Waals surface area contributed by atoms with Gasteiger partial charge >= 0.3 is 0 Å². The van der Waals surface area contributed by atoms with E-state index in [2.05, 4.69) is 35.2 Å². The van der Waals surface area contributed by atoms with Crippen LogP contribution in [0.25, 0.3) is 0 Å². The number of benzene rings is 2. The molecule has 3 atom stereocenters. The number of rotatable bonds is 6. The van der Waals surface area contributed by atoms with Gasteiger partial charge in [-0.3, -0.25) is 4.79 Å². The Kier molecular flexibility index (Phi) is 6.08. The molecule has 1 aliphatic rings. The third kappa shape index (κ3) is 5.05. The van der Waals surface area contributed by atoms with Crippen LogP contribution in [0, 0.1) is 0 Å². The highest BCUT2D eigenvalue weighted by Crippen LogP contribution is 2.23. The highest BCUT2D eigenvalue weighted by atomic mass is 35.5. The van der Waals surface area contributed by atoms with Crippen molar-refractivity contribution in [2.24, 2.45) is 0 Å². The first-order chi connectivity index (χ1) is 12.1. The van der Waals surface area contributed by atoms with Gasteiger partial charge in [-0.05, 0) is 49.4 Å². The van der Waals surface area contributed by atoms with Gasteiger partial charge in [0.15, 0.2) is 0 Å². The molecule has 4 nitrogen and oxygen atoms in total. The maximum atomic E-state index is 12.5. The normalized spacial score (nSPS) is 21.0. The SMILES string of the molecule is CC(CCc1ccccc1)NC(=O)C1CC(c2ccc(Cl)cc2)NN1. The van der Waals surface area contributed by atoms with Crippen LogP contribution in [-0.4, -0.2) is 18.0 Å². The molecule has 1 heterocycles. The molecule has 1 fully saturated rings. The monoisotopic (exact) mass is 357 g/mol. The van der Waals surface area contributed by atoms with Crippen LogP contribution in [-0.2, 0) is 11.2 Å². The van der Waals surface area contributed by atoms with Gasteiger partial charge in [-0.15, -0.1) is 0 Å². The maximum absolute atomic E-state index is 12.5. The van der Waals surface area contributed by atoms with Crippen LogP contribution in [0.3, 0.4) is 0 Å². The van der Waals surface area contributed by atoms with E-state index in [9.17, 15) is 4.79 Å². The van der Waals surface area contributed by atoms with Gasteiger partial charge in [-0.25, -0.2) is 10.9 Å². The summed E-state index contributed by atoms with van der Waals surface area (Å²) in [5.41, 5.74) is 8.73. The van der Waals surface area contributed by atoms with Crippen molar-refractivity contribution in [2.45, 2.75) is 44.3 Å². The van der Waals surface area contributed by atoms with E-state index in [4.69, 9.17) is 11.6 Å². The number of hydrogen-bond donors (Lipinski definition) is 3. The smallest absolute Gasteiger partial charge is 0.238 e. The van der Waals surface area contributed by atoms with Gasteiger partial charge in [-0.1, -0.05) is 54.1 Å². The minimum Gasteiger partial charge on any atom is -0.352 e. The van der Waals surface area contributed by atoms with E-state index < -0.39 is 0 Å². The summed E-state index contributed by atoms with van der Waals surface area (Å²) >= 11 is 5.93. The van der Waals surface area contributed by atoms with Crippen molar-refractivity contribution < 1.29 is 4.79 Å². The maximum Gasteiger partial charge on any atom is 0.238 e. The van der Waals surface area contributed by atoms with Crippen molar-refractivity contribution in [2.75, 3.05) is 0 Å². The van der Waals surface area contributed by atoms with Crippen molar-refractivity contribution in [1.82, 2.24) is 16.2 Å². The second kappa shape index (κ2) is 8.48. The van der Waals surface area contributed by atoms with E-state index in [0.717, 1.165) is 29.8 Å². The van der Waals surface area contributed by atoms with Crippen LogP contribution in [0.2, 0.25) is 5.02 Å². The largest absolute Gasteiger partial charge is 0.352 e. The molecule has 0 aromatic heterocycles. The number of hydrazine groups is 1. The molecule has 2 aromatic carbocycles. The summed E-state index contributed by atoms with van der Waals surface area (Å²) in [6, 6.07) is 18.1. The Balaban J connectivity index is 1.46. The molecule has 5 heteroatoms. The van der Waals surface area contributed by atoms with Crippen LogP contribution >= 0.6 is 11.6 Å². The van der Waals surface area contributed by atoms with Crippen molar-refractivity contribution in [3.8, 4) is 0 Å². The van der Waals surface area contributed by atoms with Gasteiger partial charge in [0.25, 0.3) is 0 Å². The molecule has 0 bridgehead atoms. The molecule has 1 aliphatic heterocycles. The molecule has 3 unspecified atom stereocenters. The highest BCUT2D eigenvalue weighted by molar-refractivity contribution is 6.30. The summed E-state index contributed by atoms with van der Waals surface area (Å²) < 4.78 is 0. The molecule has 1 amide bonds. The summed E-state index contributed by atoms with van der Waals surface area (Å²) in [6.45, 7) is 2.06. The standard InChI is InChI=1S/C20H24ClN3O/c1-14(7-8-15-5-3-2-4-6-15)22-20(25)19-13-18(23-24-19)16-9-11-17(21)12-10-16/h2-6,9-12,14,18-19,23-24H,7-8,13H2,1H3,(H,22,25). The van der Waals surface area contributed by atoms with E-state index in [1.54, 1.807) is 0 Å². The quantitative estimate of drug-likeness (QED) is 0.742. The minimum atomic E-state index is -0.222. The summed E-state index contributed by atoms with van der Waals surface area (Å²) in [7, 11) is 0. The number of carbonyl (C=O) groups excluding carboxylic acids is 1. The van der Waals surface area contributed by atoms with Gasteiger partial charge in [-0.2, -0.15) is 0 Å². The van der Waals surface area contributed by atoms with Crippen LogP contribution in [0.1, 0.15) is 36.9 Å². The van der Waals surface area contributed by atoms with E-state index in [1.807, 2.05) is 42.5 Å². The Morgan fingerprint density at radius 2 is 1.88 bits per heavy atom. The molecule has 0 radical (unpaired) electrons. The van der Waals surface area contributed by atoms with Gasteiger partial charge in [0.05, 0.1) is 0 Å². The first-order valence-corrected chi connectivity index (χ1v) is 9.10. The summed E-state index contributed by atoms with van der Waals surface area (Å²) in [4.78, 5) is 12.5. The molecular weight excluding hydrogens is 334 g/mol. The van der Waals surface area contributed by atoms with Crippen molar-refractivity contribution in [3.05, 3.63) is 70.7 Å². The van der Waals surface area contributed by atoms with E-state index in [-0.39, 0.29) is 24.0 Å². The molecular formula is C20H24ClN3O. The Hall–Kier alpha value is -1.88. The average Bonchev–Trinajstić information content (AvgIpc) is 3.12. The first-order valence-electron chi connectivity index (χ1n) is 8.72. The molecule has 0 spiro atoms. The zero-order chi connectivity index (χ0) is 17.6. The van der Waals surface area contributed by atoms with Crippen LogP contribution in [0.5, 0.6) is 0 Å². The highest BCUT2D eigenvalue weighted by Gasteiger charge is 2.30. The van der Waals surface area contributed by atoms with Crippen molar-refractivity contribution in [1.29, 1.82) is 0 Å². The number of halogens is 1. The first kappa shape index (κ1) is 17.9. The van der Waals surface area contributed by atoms with Crippen molar-refractivity contribution in [3.63, 3.8) is 0 Å². The number of carbonyl (C=O) groups is 1. The predicted octanol–water partition coefficient (Wildman–Crippen LogP) is 3.39. The lowest BCUT2D eigenvalue weighted by atomic mass is 10.0. The van der Waals surface area contributed by atoms with Crippen molar-refractivity contribution >= 4 is 17.5 Å². The Bertz CT molecular complexity index is 690. The second-order valence-corrected chi connectivity index (χ2v) is 7.05. The van der Waals surface area contributed by atoms with E-state index in [0.29, 0.717) is 0 Å². The van der Waals surface area contributed by atoms with Crippen LogP contribution in [0.15, 0.2) is 54.6 Å².